The fourth-order valence-electron chi connectivity index (χ4n) is 1.59. The summed E-state index contributed by atoms with van der Waals surface area (Å²) in [6, 6.07) is 0. The van der Waals surface area contributed by atoms with Crippen LogP contribution in [0.2, 0.25) is 0 Å². The zero-order valence-electron chi connectivity index (χ0n) is 10.8. The van der Waals surface area contributed by atoms with Gasteiger partial charge in [0.05, 0.1) is 18.8 Å². The lowest BCUT2D eigenvalue weighted by Gasteiger charge is -2.06. The Morgan fingerprint density at radius 1 is 1.39 bits per heavy atom. The summed E-state index contributed by atoms with van der Waals surface area (Å²) < 4.78 is 11.9. The molecule has 0 fully saturated rings. The molecule has 7 heteroatoms. The third-order valence-electron chi connectivity index (χ3n) is 2.46. The van der Waals surface area contributed by atoms with Gasteiger partial charge in [-0.15, -0.1) is 5.10 Å². The van der Waals surface area contributed by atoms with Gasteiger partial charge in [-0.1, -0.05) is 12.1 Å². The Bertz CT molecular complexity index is 378. The molecule has 0 aliphatic rings. The summed E-state index contributed by atoms with van der Waals surface area (Å²) in [6.07, 6.45) is 1.42. The SMILES string of the molecule is CCc1c(C(=O)O)nnn1CCOCCCOC. The van der Waals surface area contributed by atoms with Crippen molar-refractivity contribution in [1.82, 2.24) is 15.0 Å². The zero-order valence-corrected chi connectivity index (χ0v) is 10.8. The first-order valence-electron chi connectivity index (χ1n) is 5.93. The van der Waals surface area contributed by atoms with Crippen LogP contribution >= 0.6 is 0 Å². The molecule has 0 saturated heterocycles. The summed E-state index contributed by atoms with van der Waals surface area (Å²) in [7, 11) is 1.65. The Labute approximate surface area is 106 Å². The molecule has 0 aliphatic heterocycles. The molecule has 1 heterocycles. The molecule has 0 saturated carbocycles. The number of hydrogen-bond donors (Lipinski definition) is 1. The monoisotopic (exact) mass is 257 g/mol. The van der Waals surface area contributed by atoms with Gasteiger partial charge in [0.1, 0.15) is 0 Å². The first-order chi connectivity index (χ1) is 8.70. The summed E-state index contributed by atoms with van der Waals surface area (Å²) in [5.41, 5.74) is 0.653. The van der Waals surface area contributed by atoms with Crippen molar-refractivity contribution < 1.29 is 19.4 Å². The second-order valence-corrected chi connectivity index (χ2v) is 3.73. The van der Waals surface area contributed by atoms with Crippen molar-refractivity contribution >= 4 is 5.97 Å². The highest BCUT2D eigenvalue weighted by molar-refractivity contribution is 5.86. The standard InChI is InChI=1S/C11H19N3O4/c1-3-9-10(11(15)16)12-13-14(9)5-8-18-7-4-6-17-2/h3-8H2,1-2H3,(H,15,16). The Hall–Kier alpha value is -1.47. The van der Waals surface area contributed by atoms with E-state index in [-0.39, 0.29) is 5.69 Å². The number of aromatic carboxylic acids is 1. The van der Waals surface area contributed by atoms with Gasteiger partial charge in [0.25, 0.3) is 0 Å². The molecule has 1 rings (SSSR count). The first kappa shape index (κ1) is 14.6. The highest BCUT2D eigenvalue weighted by Crippen LogP contribution is 2.06. The molecule has 0 amide bonds. The molecule has 1 aromatic heterocycles. The Morgan fingerprint density at radius 3 is 2.78 bits per heavy atom. The van der Waals surface area contributed by atoms with Crippen LogP contribution in [0.25, 0.3) is 0 Å². The normalized spacial score (nSPS) is 10.8. The van der Waals surface area contributed by atoms with Crippen molar-refractivity contribution in [2.24, 2.45) is 0 Å². The predicted molar refractivity (Wildman–Crippen MR) is 63.7 cm³/mol. The number of rotatable bonds is 9. The smallest absolute Gasteiger partial charge is 0.358 e. The maximum atomic E-state index is 10.9. The van der Waals surface area contributed by atoms with Crippen molar-refractivity contribution in [2.45, 2.75) is 26.3 Å². The van der Waals surface area contributed by atoms with Crippen LogP contribution in [0.3, 0.4) is 0 Å². The topological polar surface area (TPSA) is 86.5 Å². The van der Waals surface area contributed by atoms with E-state index in [0.717, 1.165) is 6.42 Å². The number of aromatic nitrogens is 3. The molecule has 18 heavy (non-hydrogen) atoms. The minimum Gasteiger partial charge on any atom is -0.476 e. The van der Waals surface area contributed by atoms with Gasteiger partial charge in [-0.05, 0) is 12.8 Å². The molecule has 0 aromatic carbocycles. The van der Waals surface area contributed by atoms with E-state index >= 15 is 0 Å². The lowest BCUT2D eigenvalue weighted by molar-refractivity contribution is 0.0688. The molecular weight excluding hydrogens is 238 g/mol. The summed E-state index contributed by atoms with van der Waals surface area (Å²) in [6.45, 7) is 4.17. The van der Waals surface area contributed by atoms with Gasteiger partial charge in [-0.25, -0.2) is 9.48 Å². The van der Waals surface area contributed by atoms with Gasteiger partial charge in [0.2, 0.25) is 0 Å². The fourth-order valence-corrected chi connectivity index (χ4v) is 1.59. The Morgan fingerprint density at radius 2 is 2.17 bits per heavy atom. The maximum Gasteiger partial charge on any atom is 0.358 e. The third-order valence-corrected chi connectivity index (χ3v) is 2.46. The lowest BCUT2D eigenvalue weighted by Crippen LogP contribution is -2.12. The molecule has 0 unspecified atom stereocenters. The summed E-state index contributed by atoms with van der Waals surface area (Å²) in [5.74, 6) is -1.04. The van der Waals surface area contributed by atoms with Crippen molar-refractivity contribution in [2.75, 3.05) is 26.9 Å². The molecule has 0 spiro atoms. The number of carbonyl (C=O) groups is 1. The molecule has 0 radical (unpaired) electrons. The average Bonchev–Trinajstić information content (AvgIpc) is 2.76. The van der Waals surface area contributed by atoms with Crippen LogP contribution in [0.1, 0.15) is 29.5 Å². The van der Waals surface area contributed by atoms with Crippen molar-refractivity contribution in [1.29, 1.82) is 0 Å². The van der Waals surface area contributed by atoms with Gasteiger partial charge in [-0.2, -0.15) is 0 Å². The average molecular weight is 257 g/mol. The van der Waals surface area contributed by atoms with Crippen molar-refractivity contribution in [3.8, 4) is 0 Å². The highest BCUT2D eigenvalue weighted by Gasteiger charge is 2.16. The van der Waals surface area contributed by atoms with E-state index in [1.54, 1.807) is 11.8 Å². The molecule has 0 atom stereocenters. The quantitative estimate of drug-likeness (QED) is 0.652. The van der Waals surface area contributed by atoms with Gasteiger partial charge < -0.3 is 14.6 Å². The largest absolute Gasteiger partial charge is 0.476 e. The molecule has 0 bridgehead atoms. The number of methoxy groups -OCH3 is 1. The molecule has 7 nitrogen and oxygen atoms in total. The van der Waals surface area contributed by atoms with Gasteiger partial charge in [-0.3, -0.25) is 0 Å². The van der Waals surface area contributed by atoms with Gasteiger partial charge in [0, 0.05) is 20.3 Å². The van der Waals surface area contributed by atoms with Crippen LogP contribution in [0.4, 0.5) is 0 Å². The van der Waals surface area contributed by atoms with Gasteiger partial charge >= 0.3 is 5.97 Å². The van der Waals surface area contributed by atoms with Crippen molar-refractivity contribution in [3.63, 3.8) is 0 Å². The molecule has 0 aliphatic carbocycles. The van der Waals surface area contributed by atoms with E-state index in [1.165, 1.54) is 0 Å². The highest BCUT2D eigenvalue weighted by atomic mass is 16.5. The molecule has 102 valence electrons. The number of carboxylic acids is 1. The van der Waals surface area contributed by atoms with Crippen LogP contribution in [-0.4, -0.2) is 53.0 Å². The van der Waals surface area contributed by atoms with E-state index in [1.807, 2.05) is 6.92 Å². The third kappa shape index (κ3) is 4.08. The van der Waals surface area contributed by atoms with Crippen LogP contribution < -0.4 is 0 Å². The lowest BCUT2D eigenvalue weighted by atomic mass is 10.2. The van der Waals surface area contributed by atoms with E-state index in [2.05, 4.69) is 10.3 Å². The number of nitrogens with zero attached hydrogens (tertiary/aromatic N) is 3. The summed E-state index contributed by atoms with van der Waals surface area (Å²) >= 11 is 0. The summed E-state index contributed by atoms with van der Waals surface area (Å²) in [5, 5.41) is 16.4. The minimum absolute atomic E-state index is 0.0249. The van der Waals surface area contributed by atoms with Crippen LogP contribution in [0, 0.1) is 0 Å². The van der Waals surface area contributed by atoms with E-state index < -0.39 is 5.97 Å². The van der Waals surface area contributed by atoms with Gasteiger partial charge in [0.15, 0.2) is 5.69 Å². The predicted octanol–water partition coefficient (Wildman–Crippen LogP) is 0.592. The second-order valence-electron chi connectivity index (χ2n) is 3.73. The fraction of sp³-hybridized carbons (Fsp3) is 0.727. The number of ether oxygens (including phenoxy) is 2. The Balaban J connectivity index is 2.40. The first-order valence-corrected chi connectivity index (χ1v) is 5.93. The zero-order chi connectivity index (χ0) is 13.4. The number of hydrogen-bond acceptors (Lipinski definition) is 5. The molecular formula is C11H19N3O4. The Kier molecular flexibility index (Phi) is 6.31. The van der Waals surface area contributed by atoms with E-state index in [4.69, 9.17) is 14.6 Å². The van der Waals surface area contributed by atoms with Crippen LogP contribution in [0.15, 0.2) is 0 Å². The van der Waals surface area contributed by atoms with E-state index in [0.29, 0.717) is 38.5 Å². The minimum atomic E-state index is -1.04. The maximum absolute atomic E-state index is 10.9. The summed E-state index contributed by atoms with van der Waals surface area (Å²) in [4.78, 5) is 10.9. The second kappa shape index (κ2) is 7.78. The van der Waals surface area contributed by atoms with Crippen LogP contribution in [0.5, 0.6) is 0 Å². The van der Waals surface area contributed by atoms with Crippen LogP contribution in [-0.2, 0) is 22.4 Å². The molecule has 1 N–H and O–H groups in total. The van der Waals surface area contributed by atoms with E-state index in [9.17, 15) is 4.79 Å². The van der Waals surface area contributed by atoms with Crippen molar-refractivity contribution in [3.05, 3.63) is 11.4 Å². The molecule has 1 aromatic rings. The number of carboxylic acid groups (broad SMARTS) is 1.